The molecule has 206 valence electrons. The van der Waals surface area contributed by atoms with Gasteiger partial charge < -0.3 is 72.7 Å². The molecule has 17 heteroatoms. The smallest absolute Gasteiger partial charge is 0.187 e. The first-order valence-electron chi connectivity index (χ1n) is 10.7. The van der Waals surface area contributed by atoms with E-state index in [2.05, 4.69) is 0 Å². The van der Waals surface area contributed by atoms with Gasteiger partial charge in [0, 0.05) is 0 Å². The molecule has 0 amide bonds. The quantitative estimate of drug-likeness (QED) is 0.0798. The van der Waals surface area contributed by atoms with Crippen molar-refractivity contribution < 1.29 is 72.7 Å². The third-order valence-corrected chi connectivity index (χ3v) is 7.73. The summed E-state index contributed by atoms with van der Waals surface area (Å²) in [6.07, 6.45) is -20.3. The Balaban J connectivity index is 1.79. The fourth-order valence-electron chi connectivity index (χ4n) is 4.13. The Bertz CT molecular complexity index is 665. The van der Waals surface area contributed by atoms with Gasteiger partial charge in [0.2, 0.25) is 0 Å². The molecule has 3 fully saturated rings. The molecule has 35 heavy (non-hydrogen) atoms. The number of aliphatic hydroxyl groups is 9. The van der Waals surface area contributed by atoms with Crippen LogP contribution in [0.4, 0.5) is 0 Å². The molecule has 3 saturated heterocycles. The Morgan fingerprint density at radius 2 is 1.17 bits per heavy atom. The lowest BCUT2D eigenvalue weighted by molar-refractivity contribution is -0.364. The molecule has 3 aliphatic heterocycles. The maximum atomic E-state index is 10.9. The van der Waals surface area contributed by atoms with Crippen LogP contribution in [0.15, 0.2) is 0 Å². The summed E-state index contributed by atoms with van der Waals surface area (Å²) < 4.78 is 31.8. The summed E-state index contributed by atoms with van der Waals surface area (Å²) in [7, 11) is 0. The zero-order valence-electron chi connectivity index (χ0n) is 18.0. The van der Waals surface area contributed by atoms with E-state index in [-0.39, 0.29) is 0 Å². The van der Waals surface area contributed by atoms with Crippen LogP contribution < -0.4 is 0 Å². The molecule has 3 aliphatic rings. The zero-order chi connectivity index (χ0) is 26.0. The largest absolute Gasteiger partial charge is 0.394 e. The summed E-state index contributed by atoms with van der Waals surface area (Å²) in [5.41, 5.74) is 0. The van der Waals surface area contributed by atoms with Crippen LogP contribution in [-0.2, 0) is 26.8 Å². The number of ether oxygens (including phenoxy) is 5. The first-order valence-corrected chi connectivity index (χ1v) is 12.8. The van der Waals surface area contributed by atoms with Crippen molar-refractivity contribution in [2.75, 3.05) is 19.8 Å². The number of hydrogen-bond acceptors (Lipinski definition) is 15. The Hall–Kier alpha value is 0.860. The Morgan fingerprint density at radius 1 is 0.686 bits per heavy atom. The highest BCUT2D eigenvalue weighted by Gasteiger charge is 2.54. The third kappa shape index (κ3) is 6.37. The zero-order valence-corrected chi connectivity index (χ0v) is 22.3. The van der Waals surface area contributed by atoms with Crippen LogP contribution in [0.2, 0.25) is 0 Å². The van der Waals surface area contributed by atoms with Crippen LogP contribution in [-0.4, -0.2) is 156 Å². The van der Waals surface area contributed by atoms with E-state index in [0.29, 0.717) is 0 Å². The van der Waals surface area contributed by atoms with E-state index in [1.807, 2.05) is 0 Å². The number of halogens is 2. The molecule has 0 aromatic rings. The SMILES string of the molecule is OCC1O[C@H](OC2C(O)[C@H](I)O[C@H]2[C@H](O)CO)C(O)C(O[C@@H]2OC(CO)[C@H](O)C(OI)C2O)[C@H]1O. The fraction of sp³-hybridized carbons (Fsp3) is 1.00. The van der Waals surface area contributed by atoms with Gasteiger partial charge in [-0.25, -0.2) is 0 Å². The first-order chi connectivity index (χ1) is 16.6. The molecule has 0 saturated carbocycles. The molecule has 0 bridgehead atoms. The van der Waals surface area contributed by atoms with E-state index in [9.17, 15) is 46.0 Å². The second kappa shape index (κ2) is 13.3. The van der Waals surface area contributed by atoms with Gasteiger partial charge in [-0.3, -0.25) is 0 Å². The number of rotatable bonds is 9. The topological polar surface area (TPSA) is 237 Å². The van der Waals surface area contributed by atoms with Gasteiger partial charge in [0.05, 0.1) is 19.8 Å². The average molecular weight is 740 g/mol. The minimum Gasteiger partial charge on any atom is -0.394 e. The van der Waals surface area contributed by atoms with Crippen LogP contribution in [0.25, 0.3) is 0 Å². The lowest BCUT2D eigenvalue weighted by Crippen LogP contribution is -2.65. The Kier molecular flexibility index (Phi) is 11.5. The van der Waals surface area contributed by atoms with Gasteiger partial charge in [0.25, 0.3) is 0 Å². The molecule has 15 nitrogen and oxygen atoms in total. The molecular weight excluding hydrogens is 710 g/mol. The molecule has 0 radical (unpaired) electrons. The van der Waals surface area contributed by atoms with Crippen LogP contribution in [0.3, 0.4) is 0 Å². The molecule has 15 atom stereocenters. The van der Waals surface area contributed by atoms with E-state index < -0.39 is 110 Å². The van der Waals surface area contributed by atoms with Crippen molar-refractivity contribution in [3.8, 4) is 0 Å². The van der Waals surface area contributed by atoms with E-state index in [1.165, 1.54) is 23.0 Å². The Morgan fingerprint density at radius 3 is 1.66 bits per heavy atom. The number of alkyl halides is 1. The van der Waals surface area contributed by atoms with E-state index in [0.717, 1.165) is 0 Å². The van der Waals surface area contributed by atoms with E-state index in [4.69, 9.17) is 26.8 Å². The minimum atomic E-state index is -1.78. The van der Waals surface area contributed by atoms with Crippen molar-refractivity contribution in [2.24, 2.45) is 0 Å². The molecular formula is C18H30I2O15. The standard InChI is InChI=1S/C18H30I2O15/c19-16-9(27)15(12(32-16)4(24)1-21)34-17-10(28)13(7(25)5(2-22)30-17)33-18-11(29)14(35-20)8(26)6(3-23)31-18/h4-18,21-29H,1-3H2/t4-,5?,6?,7+,8+,9?,10?,11?,12+,13?,14?,15?,16-,17-,18+/m1/s1. The molecule has 3 rings (SSSR count). The number of hydrogen-bond donors (Lipinski definition) is 9. The van der Waals surface area contributed by atoms with Crippen LogP contribution in [0.5, 0.6) is 0 Å². The molecule has 9 N–H and O–H groups in total. The second-order valence-electron chi connectivity index (χ2n) is 8.36. The van der Waals surface area contributed by atoms with Crippen molar-refractivity contribution in [1.29, 1.82) is 0 Å². The van der Waals surface area contributed by atoms with Crippen molar-refractivity contribution in [3.63, 3.8) is 0 Å². The summed E-state index contributed by atoms with van der Waals surface area (Å²) >= 11 is 3.20. The van der Waals surface area contributed by atoms with Crippen molar-refractivity contribution in [2.45, 2.75) is 89.9 Å². The van der Waals surface area contributed by atoms with Crippen molar-refractivity contribution in [3.05, 3.63) is 0 Å². The molecule has 0 spiro atoms. The van der Waals surface area contributed by atoms with Gasteiger partial charge in [-0.1, -0.05) is 0 Å². The fourth-order valence-corrected chi connectivity index (χ4v) is 5.48. The number of aliphatic hydroxyl groups excluding tert-OH is 9. The van der Waals surface area contributed by atoms with Gasteiger partial charge in [0.15, 0.2) is 12.6 Å². The molecule has 8 unspecified atom stereocenters. The molecule has 3 heterocycles. The lowest BCUT2D eigenvalue weighted by atomic mass is 9.96. The second-order valence-corrected chi connectivity index (χ2v) is 10.1. The van der Waals surface area contributed by atoms with Crippen LogP contribution in [0, 0.1) is 0 Å². The maximum absolute atomic E-state index is 10.9. The van der Waals surface area contributed by atoms with Crippen molar-refractivity contribution in [1.82, 2.24) is 0 Å². The monoisotopic (exact) mass is 740 g/mol. The normalized spacial score (nSPS) is 49.8. The van der Waals surface area contributed by atoms with Crippen LogP contribution >= 0.6 is 45.6 Å². The van der Waals surface area contributed by atoms with Gasteiger partial charge in [-0.15, -0.1) is 0 Å². The average Bonchev–Trinajstić information content (AvgIpc) is 3.12. The van der Waals surface area contributed by atoms with Gasteiger partial charge >= 0.3 is 0 Å². The van der Waals surface area contributed by atoms with Crippen LogP contribution in [0.1, 0.15) is 0 Å². The summed E-state index contributed by atoms with van der Waals surface area (Å²) in [5.74, 6) is 0. The highest BCUT2D eigenvalue weighted by molar-refractivity contribution is 14.1. The highest BCUT2D eigenvalue weighted by Crippen LogP contribution is 2.35. The maximum Gasteiger partial charge on any atom is 0.187 e. The highest BCUT2D eigenvalue weighted by atomic mass is 127. The minimum absolute atomic E-state index is 0.653. The van der Waals surface area contributed by atoms with Gasteiger partial charge in [-0.2, -0.15) is 0 Å². The predicted octanol–water partition coefficient (Wildman–Crippen LogP) is -4.76. The lowest BCUT2D eigenvalue weighted by Gasteiger charge is -2.46. The van der Waals surface area contributed by atoms with Gasteiger partial charge in [-0.05, 0) is 22.6 Å². The summed E-state index contributed by atoms with van der Waals surface area (Å²) in [5, 5.41) is 91.1. The summed E-state index contributed by atoms with van der Waals surface area (Å²) in [6, 6.07) is 0. The molecule has 0 aliphatic carbocycles. The predicted molar refractivity (Wildman–Crippen MR) is 126 cm³/mol. The summed E-state index contributed by atoms with van der Waals surface area (Å²) in [4.78, 5) is 0. The van der Waals surface area contributed by atoms with E-state index >= 15 is 0 Å². The third-order valence-electron chi connectivity index (χ3n) is 6.11. The Labute approximate surface area is 227 Å². The van der Waals surface area contributed by atoms with Crippen molar-refractivity contribution >= 4 is 45.6 Å². The van der Waals surface area contributed by atoms with Gasteiger partial charge in [0.1, 0.15) is 100 Å². The first kappa shape index (κ1) is 30.4. The summed E-state index contributed by atoms with van der Waals surface area (Å²) in [6.45, 7) is -2.09. The molecule has 0 aromatic heterocycles. The molecule has 0 aromatic carbocycles. The van der Waals surface area contributed by atoms with E-state index in [1.54, 1.807) is 22.6 Å².